The van der Waals surface area contributed by atoms with Gasteiger partial charge in [0.05, 0.1) is 22.4 Å². The Hall–Kier alpha value is -5.16. The van der Waals surface area contributed by atoms with Crippen molar-refractivity contribution >= 4 is 21.8 Å². The number of hydrogen-bond donors (Lipinski definition) is 0. The molecular weight excluding hydrogens is 625 g/mol. The maximum Gasteiger partial charge on any atom is 0.137 e. The van der Waals surface area contributed by atoms with Crippen molar-refractivity contribution in [3.8, 4) is 34.1 Å². The molecule has 0 N–H and O–H groups in total. The Morgan fingerprint density at radius 2 is 1.49 bits per heavy atom. The van der Waals surface area contributed by atoms with E-state index in [1.54, 1.807) is 0 Å². The maximum absolute atomic E-state index is 6.76. The lowest BCUT2D eigenvalue weighted by atomic mass is 9.92. The molecule has 51 heavy (non-hydrogen) atoms. The molecule has 0 aliphatic carbocycles. The van der Waals surface area contributed by atoms with E-state index in [1.165, 1.54) is 57.9 Å². The summed E-state index contributed by atoms with van der Waals surface area (Å²) in [6.45, 7) is 17.8. The molecule has 0 aliphatic rings. The molecular formula is C46H50N4O. The zero-order chi connectivity index (χ0) is 35.8. The molecule has 7 rings (SSSR count). The number of fused-ring (bicyclic) bond motifs is 3. The van der Waals surface area contributed by atoms with Gasteiger partial charge in [-0.2, -0.15) is 5.10 Å². The second-order valence-corrected chi connectivity index (χ2v) is 15.0. The van der Waals surface area contributed by atoms with Crippen molar-refractivity contribution in [1.82, 2.24) is 19.3 Å². The topological polar surface area (TPSA) is 44.9 Å². The van der Waals surface area contributed by atoms with Crippen LogP contribution in [0.1, 0.15) is 93.8 Å². The average molecular weight is 675 g/mol. The fourth-order valence-electron chi connectivity index (χ4n) is 7.45. The number of ether oxygens (including phenoxy) is 1. The smallest absolute Gasteiger partial charge is 0.137 e. The van der Waals surface area contributed by atoms with E-state index >= 15 is 0 Å². The zero-order valence-corrected chi connectivity index (χ0v) is 31.4. The van der Waals surface area contributed by atoms with Crippen LogP contribution in [0.3, 0.4) is 0 Å². The maximum atomic E-state index is 6.76. The predicted octanol–water partition coefficient (Wildman–Crippen LogP) is 12.8. The minimum atomic E-state index is 0.317. The van der Waals surface area contributed by atoms with E-state index in [-0.39, 0.29) is 0 Å². The summed E-state index contributed by atoms with van der Waals surface area (Å²) < 4.78 is 11.1. The van der Waals surface area contributed by atoms with Crippen LogP contribution in [0, 0.1) is 26.7 Å². The number of rotatable bonds is 11. The van der Waals surface area contributed by atoms with Gasteiger partial charge >= 0.3 is 0 Å². The van der Waals surface area contributed by atoms with Crippen LogP contribution in [0.4, 0.5) is 0 Å². The highest BCUT2D eigenvalue weighted by molar-refractivity contribution is 6.09. The second kappa shape index (κ2) is 14.2. The van der Waals surface area contributed by atoms with Gasteiger partial charge in [0.25, 0.3) is 0 Å². The molecule has 0 fully saturated rings. The van der Waals surface area contributed by atoms with Gasteiger partial charge < -0.3 is 4.74 Å². The first-order valence-electron chi connectivity index (χ1n) is 18.5. The van der Waals surface area contributed by atoms with Gasteiger partial charge in [0.15, 0.2) is 0 Å². The van der Waals surface area contributed by atoms with Crippen molar-refractivity contribution in [1.29, 1.82) is 0 Å². The van der Waals surface area contributed by atoms with Crippen molar-refractivity contribution in [2.45, 2.75) is 86.5 Å². The average Bonchev–Trinajstić information content (AvgIpc) is 3.60. The van der Waals surface area contributed by atoms with Crippen molar-refractivity contribution in [3.63, 3.8) is 0 Å². The van der Waals surface area contributed by atoms with E-state index in [1.807, 2.05) is 12.3 Å². The summed E-state index contributed by atoms with van der Waals surface area (Å²) in [5, 5.41) is 7.46. The van der Waals surface area contributed by atoms with Gasteiger partial charge in [0, 0.05) is 40.4 Å². The van der Waals surface area contributed by atoms with Crippen molar-refractivity contribution in [3.05, 3.63) is 131 Å². The lowest BCUT2D eigenvalue weighted by molar-refractivity contribution is 0.481. The number of nitrogens with zero attached hydrogens (tertiary/aromatic N) is 4. The van der Waals surface area contributed by atoms with Gasteiger partial charge in [-0.25, -0.2) is 9.67 Å². The fourth-order valence-corrected chi connectivity index (χ4v) is 7.45. The molecule has 4 aromatic carbocycles. The minimum Gasteiger partial charge on any atom is -0.457 e. The Morgan fingerprint density at radius 1 is 0.686 bits per heavy atom. The van der Waals surface area contributed by atoms with E-state index in [4.69, 9.17) is 14.8 Å². The van der Waals surface area contributed by atoms with Gasteiger partial charge in [-0.15, -0.1) is 0 Å². The Morgan fingerprint density at radius 3 is 2.24 bits per heavy atom. The third-order valence-electron chi connectivity index (χ3n) is 10.3. The Balaban J connectivity index is 1.31. The lowest BCUT2D eigenvalue weighted by Crippen LogP contribution is -2.02. The molecule has 1 unspecified atom stereocenters. The Labute approximate surface area is 302 Å². The summed E-state index contributed by atoms with van der Waals surface area (Å²) in [6.07, 6.45) is 5.61. The molecule has 1 atom stereocenters. The van der Waals surface area contributed by atoms with Crippen molar-refractivity contribution in [2.24, 2.45) is 5.92 Å². The van der Waals surface area contributed by atoms with Gasteiger partial charge in [-0.3, -0.25) is 4.57 Å². The Bertz CT molecular complexity index is 2330. The van der Waals surface area contributed by atoms with Gasteiger partial charge in [-0.1, -0.05) is 83.9 Å². The molecule has 0 radical (unpaired) electrons. The van der Waals surface area contributed by atoms with Crippen LogP contribution < -0.4 is 4.74 Å². The van der Waals surface area contributed by atoms with E-state index in [0.29, 0.717) is 11.8 Å². The molecule has 3 heterocycles. The summed E-state index contributed by atoms with van der Waals surface area (Å²) >= 11 is 0. The van der Waals surface area contributed by atoms with Crippen LogP contribution in [0.5, 0.6) is 11.5 Å². The molecule has 0 saturated heterocycles. The summed E-state index contributed by atoms with van der Waals surface area (Å²) in [4.78, 5) is 4.84. The van der Waals surface area contributed by atoms with E-state index in [0.717, 1.165) is 51.3 Å². The molecule has 0 bridgehead atoms. The highest BCUT2D eigenvalue weighted by Crippen LogP contribution is 2.38. The first-order chi connectivity index (χ1) is 24.6. The van der Waals surface area contributed by atoms with Gasteiger partial charge in [0.2, 0.25) is 0 Å². The minimum absolute atomic E-state index is 0.317. The third kappa shape index (κ3) is 6.95. The standard InChI is InChI=1S/C46H50N4O/c1-29(2)13-12-14-32(6)36-17-20-43-42(26-36)41-19-18-39(28-44(41)49(43)45-23-31(5)21-22-47-45)51-40-25-37(30(3)4)24-38(27-40)50-34(8)46(33(7)48-50)35-15-10-9-11-16-35/h9-11,15-30,32H,12-14H2,1-8H3. The van der Waals surface area contributed by atoms with Crippen LogP contribution in [0.25, 0.3) is 44.4 Å². The number of aryl methyl sites for hydroxylation is 2. The van der Waals surface area contributed by atoms with Crippen LogP contribution in [0.2, 0.25) is 0 Å². The predicted molar refractivity (Wildman–Crippen MR) is 213 cm³/mol. The molecule has 0 aliphatic heterocycles. The van der Waals surface area contributed by atoms with Gasteiger partial charge in [0.1, 0.15) is 17.3 Å². The second-order valence-electron chi connectivity index (χ2n) is 15.0. The lowest BCUT2D eigenvalue weighted by Gasteiger charge is -2.15. The number of aromatic nitrogens is 4. The molecule has 7 aromatic rings. The van der Waals surface area contributed by atoms with Crippen molar-refractivity contribution < 1.29 is 4.74 Å². The zero-order valence-electron chi connectivity index (χ0n) is 31.4. The quantitative estimate of drug-likeness (QED) is 0.137. The first kappa shape index (κ1) is 34.3. The summed E-state index contributed by atoms with van der Waals surface area (Å²) in [7, 11) is 0. The summed E-state index contributed by atoms with van der Waals surface area (Å²) in [6, 6.07) is 34.7. The first-order valence-corrected chi connectivity index (χ1v) is 18.5. The monoisotopic (exact) mass is 674 g/mol. The fraction of sp³-hybridized carbons (Fsp3) is 0.304. The molecule has 5 heteroatoms. The summed E-state index contributed by atoms with van der Waals surface area (Å²) in [5.74, 6) is 4.04. The van der Waals surface area contributed by atoms with Crippen LogP contribution >= 0.6 is 0 Å². The molecule has 3 aromatic heterocycles. The van der Waals surface area contributed by atoms with Crippen LogP contribution in [0.15, 0.2) is 103 Å². The highest BCUT2D eigenvalue weighted by Gasteiger charge is 2.19. The van der Waals surface area contributed by atoms with E-state index < -0.39 is 0 Å². The number of hydrogen-bond acceptors (Lipinski definition) is 3. The SMILES string of the molecule is Cc1ccnc(-n2c3ccc(C(C)CCCC(C)C)cc3c3ccc(Oc4cc(C(C)C)cc(-n5nc(C)c(-c6ccccc6)c5C)c4)cc32)c1. The highest BCUT2D eigenvalue weighted by atomic mass is 16.5. The summed E-state index contributed by atoms with van der Waals surface area (Å²) in [5.41, 5.74) is 11.5. The Kier molecular flexibility index (Phi) is 9.56. The number of benzene rings is 4. The number of pyridine rings is 1. The molecule has 0 amide bonds. The molecule has 5 nitrogen and oxygen atoms in total. The van der Waals surface area contributed by atoms with E-state index in [9.17, 15) is 0 Å². The normalized spacial score (nSPS) is 12.4. The van der Waals surface area contributed by atoms with Crippen LogP contribution in [-0.4, -0.2) is 19.3 Å². The molecule has 0 saturated carbocycles. The molecule has 260 valence electrons. The van der Waals surface area contributed by atoms with E-state index in [2.05, 4.69) is 156 Å². The molecule has 0 spiro atoms. The van der Waals surface area contributed by atoms with Crippen LogP contribution in [-0.2, 0) is 0 Å². The van der Waals surface area contributed by atoms with Crippen molar-refractivity contribution in [2.75, 3.05) is 0 Å². The third-order valence-corrected chi connectivity index (χ3v) is 10.3. The van der Waals surface area contributed by atoms with Gasteiger partial charge in [-0.05, 0) is 116 Å². The largest absolute Gasteiger partial charge is 0.457 e.